The van der Waals surface area contributed by atoms with Crippen molar-refractivity contribution < 1.29 is 9.13 Å². The summed E-state index contributed by atoms with van der Waals surface area (Å²) in [5, 5.41) is 8.47. The molecule has 132 valence electrons. The summed E-state index contributed by atoms with van der Waals surface area (Å²) >= 11 is 0. The molecule has 0 saturated carbocycles. The molecule has 27 heavy (non-hydrogen) atoms. The largest absolute Gasteiger partial charge is 0.454 e. The summed E-state index contributed by atoms with van der Waals surface area (Å²) in [6.07, 6.45) is 3.15. The number of anilines is 1. The average molecular weight is 360 g/mol. The highest BCUT2D eigenvalue weighted by molar-refractivity contribution is 5.94. The maximum atomic E-state index is 14.7. The molecular weight excluding hydrogens is 347 g/mol. The number of benzene rings is 2. The number of hydrogen-bond donors (Lipinski definition) is 2. The van der Waals surface area contributed by atoms with Crippen LogP contribution in [0.4, 0.5) is 10.2 Å². The summed E-state index contributed by atoms with van der Waals surface area (Å²) in [6, 6.07) is 14.0. The van der Waals surface area contributed by atoms with Gasteiger partial charge < -0.3 is 10.5 Å². The molecule has 0 amide bonds. The number of H-pyrrole nitrogens is 1. The van der Waals surface area contributed by atoms with Gasteiger partial charge >= 0.3 is 0 Å². The van der Waals surface area contributed by atoms with Crippen molar-refractivity contribution in [1.29, 1.82) is 0 Å². The van der Waals surface area contributed by atoms with Crippen LogP contribution in [0.3, 0.4) is 0 Å². The highest BCUT2D eigenvalue weighted by atomic mass is 19.1. The van der Waals surface area contributed by atoms with Crippen LogP contribution in [0.25, 0.3) is 27.8 Å². The summed E-state index contributed by atoms with van der Waals surface area (Å²) in [5.74, 6) is 1.05. The van der Waals surface area contributed by atoms with Crippen LogP contribution in [-0.4, -0.2) is 24.7 Å². The number of nitrogens with one attached hydrogen (secondary N) is 1. The number of nitrogens with zero attached hydrogens (tertiary/aromatic N) is 4. The molecule has 0 atom stereocenters. The van der Waals surface area contributed by atoms with Gasteiger partial charge in [-0.1, -0.05) is 18.2 Å². The van der Waals surface area contributed by atoms with Crippen LogP contribution in [0.15, 0.2) is 61.1 Å². The van der Waals surface area contributed by atoms with Crippen molar-refractivity contribution in [3.05, 3.63) is 66.9 Å². The second-order valence-corrected chi connectivity index (χ2v) is 5.97. The lowest BCUT2D eigenvalue weighted by Gasteiger charge is -2.08. The molecule has 3 heterocycles. The Bertz CT molecular complexity index is 1280. The number of halogens is 1. The van der Waals surface area contributed by atoms with Crippen LogP contribution in [0.5, 0.6) is 11.5 Å². The average Bonchev–Trinajstić information content (AvgIpc) is 3.27. The zero-order chi connectivity index (χ0) is 18.4. The second-order valence-electron chi connectivity index (χ2n) is 5.97. The first kappa shape index (κ1) is 15.3. The van der Waals surface area contributed by atoms with E-state index >= 15 is 0 Å². The Morgan fingerprint density at radius 2 is 1.93 bits per heavy atom. The van der Waals surface area contributed by atoms with E-state index in [0.29, 0.717) is 33.9 Å². The summed E-state index contributed by atoms with van der Waals surface area (Å²) in [5.41, 5.74) is 7.12. The van der Waals surface area contributed by atoms with E-state index in [1.54, 1.807) is 29.0 Å². The number of fused-ring (bicyclic) bond motifs is 2. The molecule has 0 fully saturated rings. The SMILES string of the molecule is Nc1ncnc2[nH]nc(-n3ccc4cc(Oc5ccccc5)c(F)cc43)c12. The fourth-order valence-electron chi connectivity index (χ4n) is 3.05. The summed E-state index contributed by atoms with van der Waals surface area (Å²) < 4.78 is 22.1. The van der Waals surface area contributed by atoms with Crippen molar-refractivity contribution in [2.24, 2.45) is 0 Å². The first-order valence-corrected chi connectivity index (χ1v) is 8.19. The molecule has 2 aromatic carbocycles. The number of aromatic amines is 1. The normalized spacial score (nSPS) is 11.3. The third-order valence-corrected chi connectivity index (χ3v) is 4.31. The highest BCUT2D eigenvalue weighted by Crippen LogP contribution is 2.32. The molecule has 8 heteroatoms. The third kappa shape index (κ3) is 2.46. The number of rotatable bonds is 3. The Labute approximate surface area is 152 Å². The van der Waals surface area contributed by atoms with Gasteiger partial charge in [0.2, 0.25) is 0 Å². The van der Waals surface area contributed by atoms with E-state index in [9.17, 15) is 4.39 Å². The standard InChI is InChI=1S/C19H13FN6O/c20-13-9-14-11(8-15(13)27-12-4-2-1-3-5-12)6-7-26(14)19-16-17(21)22-10-23-18(16)24-25-19/h1-10H,(H3,21,22,23,24,25). The Hall–Kier alpha value is -3.94. The minimum atomic E-state index is -0.477. The number of nitrogens with two attached hydrogens (primary N) is 1. The number of aromatic nitrogens is 5. The van der Waals surface area contributed by atoms with Crippen LogP contribution in [0.1, 0.15) is 0 Å². The Morgan fingerprint density at radius 3 is 2.78 bits per heavy atom. The van der Waals surface area contributed by atoms with Gasteiger partial charge in [0.25, 0.3) is 0 Å². The molecule has 0 aliphatic carbocycles. The molecule has 3 aromatic heterocycles. The van der Waals surface area contributed by atoms with E-state index in [-0.39, 0.29) is 5.75 Å². The molecule has 0 saturated heterocycles. The summed E-state index contributed by atoms with van der Waals surface area (Å²) in [4.78, 5) is 8.12. The fraction of sp³-hybridized carbons (Fsp3) is 0. The van der Waals surface area contributed by atoms with Gasteiger partial charge in [-0.2, -0.15) is 5.10 Å². The lowest BCUT2D eigenvalue weighted by atomic mass is 10.2. The van der Waals surface area contributed by atoms with Gasteiger partial charge in [-0.3, -0.25) is 9.67 Å². The molecule has 0 unspecified atom stereocenters. The van der Waals surface area contributed by atoms with Crippen molar-refractivity contribution >= 4 is 27.8 Å². The molecule has 0 aliphatic rings. The predicted molar refractivity (Wildman–Crippen MR) is 99.4 cm³/mol. The van der Waals surface area contributed by atoms with Gasteiger partial charge in [0, 0.05) is 17.6 Å². The number of hydrogen-bond acceptors (Lipinski definition) is 5. The maximum Gasteiger partial charge on any atom is 0.172 e. The smallest absolute Gasteiger partial charge is 0.172 e. The van der Waals surface area contributed by atoms with Crippen molar-refractivity contribution in [2.45, 2.75) is 0 Å². The molecule has 0 bridgehead atoms. The summed E-state index contributed by atoms with van der Waals surface area (Å²) in [7, 11) is 0. The number of ether oxygens (including phenoxy) is 1. The van der Waals surface area contributed by atoms with Crippen LogP contribution in [-0.2, 0) is 0 Å². The minimum absolute atomic E-state index is 0.154. The zero-order valence-corrected chi connectivity index (χ0v) is 13.9. The monoisotopic (exact) mass is 360 g/mol. The molecule has 5 aromatic rings. The van der Waals surface area contributed by atoms with Gasteiger partial charge in [-0.05, 0) is 24.3 Å². The Kier molecular flexibility index (Phi) is 3.29. The van der Waals surface area contributed by atoms with Crippen molar-refractivity contribution in [1.82, 2.24) is 24.7 Å². The topological polar surface area (TPSA) is 94.6 Å². The number of para-hydroxylation sites is 1. The fourth-order valence-corrected chi connectivity index (χ4v) is 3.05. The molecule has 0 aliphatic heterocycles. The molecule has 0 spiro atoms. The van der Waals surface area contributed by atoms with Crippen molar-refractivity contribution in [3.8, 4) is 17.3 Å². The maximum absolute atomic E-state index is 14.7. The van der Waals surface area contributed by atoms with Gasteiger partial charge in [0.15, 0.2) is 23.0 Å². The van der Waals surface area contributed by atoms with Gasteiger partial charge in [-0.25, -0.2) is 14.4 Å². The predicted octanol–water partition coefficient (Wildman–Crippen LogP) is 3.81. The van der Waals surface area contributed by atoms with Crippen molar-refractivity contribution in [3.63, 3.8) is 0 Å². The molecule has 0 radical (unpaired) electrons. The van der Waals surface area contributed by atoms with Crippen molar-refractivity contribution in [2.75, 3.05) is 5.73 Å². The number of nitrogen functional groups attached to an aromatic ring is 1. The first-order chi connectivity index (χ1) is 13.2. The van der Waals surface area contributed by atoms with Crippen LogP contribution >= 0.6 is 0 Å². The zero-order valence-electron chi connectivity index (χ0n) is 13.9. The molecule has 5 rings (SSSR count). The van der Waals surface area contributed by atoms with E-state index in [1.165, 1.54) is 12.4 Å². The van der Waals surface area contributed by atoms with E-state index in [2.05, 4.69) is 20.2 Å². The van der Waals surface area contributed by atoms with E-state index < -0.39 is 5.82 Å². The first-order valence-electron chi connectivity index (χ1n) is 8.19. The van der Waals surface area contributed by atoms with Crippen LogP contribution in [0.2, 0.25) is 0 Å². The minimum Gasteiger partial charge on any atom is -0.454 e. The van der Waals surface area contributed by atoms with Gasteiger partial charge in [0.1, 0.15) is 23.3 Å². The van der Waals surface area contributed by atoms with E-state index in [0.717, 1.165) is 5.39 Å². The Morgan fingerprint density at radius 1 is 1.07 bits per heavy atom. The molecule has 3 N–H and O–H groups in total. The van der Waals surface area contributed by atoms with Crippen LogP contribution in [0, 0.1) is 5.82 Å². The second kappa shape index (κ2) is 5.80. The lowest BCUT2D eigenvalue weighted by molar-refractivity contribution is 0.443. The van der Waals surface area contributed by atoms with E-state index in [4.69, 9.17) is 10.5 Å². The quantitative estimate of drug-likeness (QED) is 0.510. The molecular formula is C19H13FN6O. The Balaban J connectivity index is 1.64. The van der Waals surface area contributed by atoms with Gasteiger partial charge in [0.05, 0.1) is 5.52 Å². The molecule has 7 nitrogen and oxygen atoms in total. The van der Waals surface area contributed by atoms with E-state index in [1.807, 2.05) is 24.3 Å². The third-order valence-electron chi connectivity index (χ3n) is 4.31. The lowest BCUT2D eigenvalue weighted by Crippen LogP contribution is -1.98. The highest BCUT2D eigenvalue weighted by Gasteiger charge is 2.16. The van der Waals surface area contributed by atoms with Gasteiger partial charge in [-0.15, -0.1) is 0 Å². The summed E-state index contributed by atoms with van der Waals surface area (Å²) in [6.45, 7) is 0. The van der Waals surface area contributed by atoms with Crippen LogP contribution < -0.4 is 10.5 Å².